The quantitative estimate of drug-likeness (QED) is 0.0347. The van der Waals surface area contributed by atoms with Gasteiger partial charge in [-0.15, -0.1) is 28.2 Å². The molecule has 3 aromatic carbocycles. The van der Waals surface area contributed by atoms with Crippen molar-refractivity contribution < 1.29 is 24.0 Å². The van der Waals surface area contributed by atoms with E-state index in [4.69, 9.17) is 14.6 Å². The van der Waals surface area contributed by atoms with Gasteiger partial charge in [-0.25, -0.2) is 14.5 Å². The van der Waals surface area contributed by atoms with Crippen molar-refractivity contribution in [2.24, 2.45) is 12.2 Å². The van der Waals surface area contributed by atoms with E-state index in [0.717, 1.165) is 16.7 Å². The van der Waals surface area contributed by atoms with Crippen molar-refractivity contribution in [1.29, 1.82) is 0 Å². The van der Waals surface area contributed by atoms with E-state index in [9.17, 15) is 14.4 Å². The molecule has 14 nitrogen and oxygen atoms in total. The van der Waals surface area contributed by atoms with Gasteiger partial charge in [0.05, 0.1) is 6.04 Å². The largest absolute Gasteiger partial charge is 0.455 e. The Bertz CT molecular complexity index is 2260. The average molecular weight is 836 g/mol. The molecule has 58 heavy (non-hydrogen) atoms. The number of tetrazole rings is 1. The van der Waals surface area contributed by atoms with Gasteiger partial charge < -0.3 is 20.2 Å². The second kappa shape index (κ2) is 17.4. The van der Waals surface area contributed by atoms with Crippen LogP contribution in [-0.4, -0.2) is 89.9 Å². The first-order valence-corrected chi connectivity index (χ1v) is 21.1. The Morgan fingerprint density at radius 3 is 2.16 bits per heavy atom. The van der Waals surface area contributed by atoms with Gasteiger partial charge in [-0.3, -0.25) is 14.5 Å². The summed E-state index contributed by atoms with van der Waals surface area (Å²) >= 11 is 4.15. The van der Waals surface area contributed by atoms with Crippen LogP contribution in [0, 0.1) is 0 Å². The van der Waals surface area contributed by atoms with E-state index in [1.165, 1.54) is 46.9 Å². The number of ether oxygens (including phenoxy) is 1. The number of nitrogens with one attached hydrogen (secondary N) is 2. The van der Waals surface area contributed by atoms with Gasteiger partial charge in [-0.1, -0.05) is 114 Å². The highest BCUT2D eigenvalue weighted by atomic mass is 32.2. The van der Waals surface area contributed by atoms with Crippen LogP contribution in [0.3, 0.4) is 0 Å². The van der Waals surface area contributed by atoms with Crippen LogP contribution >= 0.6 is 34.9 Å². The summed E-state index contributed by atoms with van der Waals surface area (Å²) in [5.41, 5.74) is 1.60. The first-order chi connectivity index (χ1) is 28.0. The van der Waals surface area contributed by atoms with Gasteiger partial charge >= 0.3 is 5.97 Å². The van der Waals surface area contributed by atoms with Crippen molar-refractivity contribution >= 4 is 63.5 Å². The van der Waals surface area contributed by atoms with Crippen LogP contribution in [0.25, 0.3) is 0 Å². The number of carbonyl (C=O) groups excluding carboxylic acids is 3. The molecule has 7 rings (SSSR count). The molecule has 2 aromatic heterocycles. The lowest BCUT2D eigenvalue weighted by atomic mass is 9.77. The van der Waals surface area contributed by atoms with Crippen LogP contribution in [0.1, 0.15) is 43.2 Å². The predicted octanol–water partition coefficient (Wildman–Crippen LogP) is 5.77. The van der Waals surface area contributed by atoms with Crippen LogP contribution < -0.4 is 10.6 Å². The van der Waals surface area contributed by atoms with Crippen molar-refractivity contribution in [1.82, 2.24) is 35.4 Å². The smallest absolute Gasteiger partial charge is 0.356 e. The third kappa shape index (κ3) is 8.42. The van der Waals surface area contributed by atoms with Crippen LogP contribution in [0.4, 0.5) is 5.13 Å². The predicted molar refractivity (Wildman–Crippen MR) is 225 cm³/mol. The zero-order chi connectivity index (χ0) is 40.9. The third-order valence-corrected chi connectivity index (χ3v) is 12.1. The SMILES string of the molecule is CON=C(C(=O)NC1C(=O)N2C(C(=O)OC(C)(C)C)=C(/C=C/CSc3nnnn3C)SCC12)c1csc(NC(c2ccccc2)(c2ccccc2)c2ccccc2)n1. The summed E-state index contributed by atoms with van der Waals surface area (Å²) in [6.45, 7) is 5.30. The highest BCUT2D eigenvalue weighted by molar-refractivity contribution is 8.03. The highest BCUT2D eigenvalue weighted by Gasteiger charge is 2.54. The molecule has 0 saturated carbocycles. The molecule has 2 aliphatic heterocycles. The number of anilines is 1. The lowest BCUT2D eigenvalue weighted by molar-refractivity contribution is -0.160. The van der Waals surface area contributed by atoms with Gasteiger partial charge in [0.25, 0.3) is 11.8 Å². The van der Waals surface area contributed by atoms with Crippen molar-refractivity contribution in [3.05, 3.63) is 142 Å². The minimum absolute atomic E-state index is 0.103. The summed E-state index contributed by atoms with van der Waals surface area (Å²) < 4.78 is 7.31. The Morgan fingerprint density at radius 1 is 0.983 bits per heavy atom. The number of oxime groups is 1. The van der Waals surface area contributed by atoms with Crippen LogP contribution in [0.15, 0.2) is 129 Å². The lowest BCUT2D eigenvalue weighted by Crippen LogP contribution is -2.73. The monoisotopic (exact) mass is 835 g/mol. The number of carbonyl (C=O) groups is 3. The van der Waals surface area contributed by atoms with E-state index >= 15 is 0 Å². The molecule has 2 aliphatic rings. The number of allylic oxidation sites excluding steroid dienone is 1. The molecule has 0 spiro atoms. The van der Waals surface area contributed by atoms with Crippen molar-refractivity contribution in [3.8, 4) is 0 Å². The van der Waals surface area contributed by atoms with E-state index in [1.54, 1.807) is 44.0 Å². The second-order valence-electron chi connectivity index (χ2n) is 14.2. The van der Waals surface area contributed by atoms with Crippen LogP contribution in [-0.2, 0) is 36.5 Å². The number of thioether (sulfide) groups is 2. The summed E-state index contributed by atoms with van der Waals surface area (Å²) in [4.78, 5) is 53.5. The van der Waals surface area contributed by atoms with Gasteiger partial charge in [0.1, 0.15) is 35.7 Å². The number of benzene rings is 3. The molecule has 2 unspecified atom stereocenters. The second-order valence-corrected chi connectivity index (χ2v) is 17.1. The Labute approximate surface area is 348 Å². The van der Waals surface area contributed by atoms with Gasteiger partial charge in [0, 0.05) is 28.8 Å². The normalized spacial score (nSPS) is 17.2. The Morgan fingerprint density at radius 2 is 1.60 bits per heavy atom. The van der Waals surface area contributed by atoms with E-state index in [0.29, 0.717) is 26.7 Å². The number of aromatic nitrogens is 5. The standard InChI is InChI=1S/C41H41N9O5S3/c1-40(2,3)55-37(53)34-31(22-15-23-56-39-45-47-48-49(39)4)57-25-30-33(36(52)50(30)34)43-35(51)32(46-54-5)29-24-58-38(42-29)44-41(26-16-9-6-10-17-26,27-18-11-7-12-19-27)28-20-13-8-14-21-28/h6-22,24,30,33H,23,25H2,1-5H3,(H,42,44)(H,43,51)/b22-15+,46-32?. The number of aryl methyl sites for hydroxylation is 1. The number of esters is 1. The molecular formula is C41H41N9O5S3. The summed E-state index contributed by atoms with van der Waals surface area (Å²) in [6, 6.07) is 28.9. The first-order valence-electron chi connectivity index (χ1n) is 18.3. The number of hydrogen-bond donors (Lipinski definition) is 2. The number of hydrogen-bond acceptors (Lipinski definition) is 14. The van der Waals surface area contributed by atoms with E-state index in [-0.39, 0.29) is 17.1 Å². The Hall–Kier alpha value is -5.78. The fourth-order valence-electron chi connectivity index (χ4n) is 6.67. The van der Waals surface area contributed by atoms with Gasteiger partial charge in [-0.05, 0) is 54.0 Å². The van der Waals surface area contributed by atoms with Crippen molar-refractivity contribution in [2.75, 3.05) is 23.9 Å². The number of β-lactam (4-membered cyclic amide) rings is 1. The minimum atomic E-state index is -0.929. The van der Waals surface area contributed by atoms with E-state index < -0.39 is 41.0 Å². The Kier molecular flexibility index (Phi) is 12.1. The Balaban J connectivity index is 1.12. The summed E-state index contributed by atoms with van der Waals surface area (Å²) in [7, 11) is 3.09. The molecule has 298 valence electrons. The maximum Gasteiger partial charge on any atom is 0.356 e. The molecule has 17 heteroatoms. The number of rotatable bonds is 14. The molecule has 4 heterocycles. The van der Waals surface area contributed by atoms with Gasteiger partial charge in [-0.2, -0.15) is 0 Å². The fourth-order valence-corrected chi connectivity index (χ4v) is 9.28. The maximum atomic E-state index is 14.0. The molecule has 5 aromatic rings. The molecule has 1 fully saturated rings. The van der Waals surface area contributed by atoms with E-state index in [2.05, 4.69) is 67.7 Å². The molecule has 0 bridgehead atoms. The molecular weight excluding hydrogens is 795 g/mol. The average Bonchev–Trinajstić information content (AvgIpc) is 3.87. The highest BCUT2D eigenvalue weighted by Crippen LogP contribution is 2.42. The number of fused-ring (bicyclic) bond motifs is 1. The molecule has 1 saturated heterocycles. The molecule has 0 radical (unpaired) electrons. The van der Waals surface area contributed by atoms with Gasteiger partial charge in [0.2, 0.25) is 5.16 Å². The maximum absolute atomic E-state index is 14.0. The summed E-state index contributed by atoms with van der Waals surface area (Å²) in [5, 5.41) is 25.0. The zero-order valence-corrected chi connectivity index (χ0v) is 34.8. The number of thiazole rings is 1. The summed E-state index contributed by atoms with van der Waals surface area (Å²) in [5.74, 6) is -0.775. The van der Waals surface area contributed by atoms with Crippen LogP contribution in [0.5, 0.6) is 0 Å². The molecule has 2 N–H and O–H groups in total. The lowest BCUT2D eigenvalue weighted by Gasteiger charge is -2.50. The zero-order valence-electron chi connectivity index (χ0n) is 32.4. The van der Waals surface area contributed by atoms with Crippen LogP contribution in [0.2, 0.25) is 0 Å². The van der Waals surface area contributed by atoms with Crippen molar-refractivity contribution in [3.63, 3.8) is 0 Å². The van der Waals surface area contributed by atoms with Gasteiger partial charge in [0.15, 0.2) is 10.8 Å². The third-order valence-electron chi connectivity index (χ3n) is 9.20. The molecule has 2 atom stereocenters. The minimum Gasteiger partial charge on any atom is -0.455 e. The summed E-state index contributed by atoms with van der Waals surface area (Å²) in [6.07, 6.45) is 3.68. The molecule has 2 amide bonds. The first kappa shape index (κ1) is 40.4. The van der Waals surface area contributed by atoms with E-state index in [1.807, 2.05) is 60.7 Å². The van der Waals surface area contributed by atoms with Crippen molar-refractivity contribution in [2.45, 2.75) is 49.2 Å². The topological polar surface area (TPSA) is 166 Å². The number of nitrogens with zero attached hydrogens (tertiary/aromatic N) is 7. The fraction of sp³-hybridized carbons (Fsp3) is 0.268. The molecule has 0 aliphatic carbocycles. The number of amides is 2.